The fraction of sp³-hybridized carbons (Fsp3) is 0.854. The molecular weight excluding hydrogens is 652 g/mol. The van der Waals surface area contributed by atoms with Crippen LogP contribution in [0.25, 0.3) is 0 Å². The smallest absolute Gasteiger partial charge is 0.306 e. The van der Waals surface area contributed by atoms with Gasteiger partial charge in [0.2, 0.25) is 0 Å². The second-order valence-corrected chi connectivity index (χ2v) is 14.1. The van der Waals surface area contributed by atoms with Crippen LogP contribution in [0.5, 0.6) is 0 Å². The van der Waals surface area contributed by atoms with Crippen LogP contribution >= 0.6 is 0 Å². The number of hydrogen-bond acceptors (Lipinski definition) is 10. The fourth-order valence-electron chi connectivity index (χ4n) is 6.04. The van der Waals surface area contributed by atoms with Crippen LogP contribution in [0.2, 0.25) is 0 Å². The van der Waals surface area contributed by atoms with Crippen molar-refractivity contribution in [3.63, 3.8) is 0 Å². The summed E-state index contributed by atoms with van der Waals surface area (Å²) in [5.74, 6) is -0.817. The maximum atomic E-state index is 12.7. The number of esters is 2. The summed E-state index contributed by atoms with van der Waals surface area (Å²) in [6.07, 6.45) is 26.2. The van der Waals surface area contributed by atoms with Crippen molar-refractivity contribution in [3.8, 4) is 0 Å². The minimum atomic E-state index is -1.59. The Hall–Kier alpha value is -1.82. The van der Waals surface area contributed by atoms with Crippen LogP contribution in [0.15, 0.2) is 24.3 Å². The van der Waals surface area contributed by atoms with Gasteiger partial charge in [-0.05, 0) is 44.9 Å². The van der Waals surface area contributed by atoms with Crippen LogP contribution in [-0.2, 0) is 28.5 Å². The highest BCUT2D eigenvalue weighted by molar-refractivity contribution is 5.70. The van der Waals surface area contributed by atoms with Crippen molar-refractivity contribution in [3.05, 3.63) is 24.3 Å². The van der Waals surface area contributed by atoms with E-state index in [9.17, 15) is 30.0 Å². The zero-order valence-corrected chi connectivity index (χ0v) is 32.1. The van der Waals surface area contributed by atoms with Gasteiger partial charge in [0.15, 0.2) is 12.4 Å². The van der Waals surface area contributed by atoms with Crippen LogP contribution in [0, 0.1) is 0 Å². The number of aliphatic hydroxyl groups excluding tert-OH is 4. The van der Waals surface area contributed by atoms with E-state index in [1.165, 1.54) is 83.5 Å². The van der Waals surface area contributed by atoms with Gasteiger partial charge in [-0.2, -0.15) is 0 Å². The van der Waals surface area contributed by atoms with Crippen LogP contribution in [0.3, 0.4) is 0 Å². The molecule has 0 aromatic carbocycles. The van der Waals surface area contributed by atoms with E-state index in [1.807, 2.05) is 0 Å². The molecule has 0 aliphatic carbocycles. The molecule has 1 heterocycles. The van der Waals surface area contributed by atoms with Crippen molar-refractivity contribution in [1.82, 2.24) is 0 Å². The molecule has 2 unspecified atom stereocenters. The van der Waals surface area contributed by atoms with Crippen LogP contribution in [-0.4, -0.2) is 89.0 Å². The highest BCUT2D eigenvalue weighted by Gasteiger charge is 2.44. The Morgan fingerprint density at radius 2 is 1.10 bits per heavy atom. The summed E-state index contributed by atoms with van der Waals surface area (Å²) in [5, 5.41) is 39.9. The predicted octanol–water partition coefficient (Wildman–Crippen LogP) is 7.77. The SMILES string of the molecule is CCCCC/C=C/C/C=C/CCCCCCCCCC(=O)O[C@H](COC(=O)CCCCCCCCCCC)CO[C@@H]1O[C@H](CO)[C@H](O)C(O)C1O. The van der Waals surface area contributed by atoms with Gasteiger partial charge in [0.25, 0.3) is 0 Å². The number of allylic oxidation sites excluding steroid dienone is 4. The van der Waals surface area contributed by atoms with E-state index in [2.05, 4.69) is 38.2 Å². The summed E-state index contributed by atoms with van der Waals surface area (Å²) in [4.78, 5) is 25.1. The Kier molecular flexibility index (Phi) is 30.4. The Labute approximate surface area is 309 Å². The summed E-state index contributed by atoms with van der Waals surface area (Å²) in [7, 11) is 0. The molecule has 1 saturated heterocycles. The molecule has 1 fully saturated rings. The summed E-state index contributed by atoms with van der Waals surface area (Å²) in [5.41, 5.74) is 0. The Bertz CT molecular complexity index is 892. The molecule has 0 bridgehead atoms. The maximum Gasteiger partial charge on any atom is 0.306 e. The molecule has 4 N–H and O–H groups in total. The first-order chi connectivity index (χ1) is 24.8. The van der Waals surface area contributed by atoms with Crippen molar-refractivity contribution < 1.29 is 49.0 Å². The highest BCUT2D eigenvalue weighted by Crippen LogP contribution is 2.22. The van der Waals surface area contributed by atoms with Gasteiger partial charge in [-0.25, -0.2) is 0 Å². The first kappa shape index (κ1) is 47.2. The maximum absolute atomic E-state index is 12.7. The molecule has 10 nitrogen and oxygen atoms in total. The van der Waals surface area contributed by atoms with Crippen LogP contribution in [0.1, 0.15) is 168 Å². The van der Waals surface area contributed by atoms with Gasteiger partial charge < -0.3 is 39.4 Å². The van der Waals surface area contributed by atoms with E-state index in [0.717, 1.165) is 51.4 Å². The summed E-state index contributed by atoms with van der Waals surface area (Å²) >= 11 is 0. The lowest BCUT2D eigenvalue weighted by Crippen LogP contribution is -2.59. The minimum Gasteiger partial charge on any atom is -0.462 e. The number of unbranched alkanes of at least 4 members (excludes halogenated alkanes) is 18. The van der Waals surface area contributed by atoms with E-state index in [1.54, 1.807) is 0 Å². The van der Waals surface area contributed by atoms with Gasteiger partial charge in [0.05, 0.1) is 13.2 Å². The summed E-state index contributed by atoms with van der Waals surface area (Å²) < 4.78 is 22.0. The number of carbonyl (C=O) groups excluding carboxylic acids is 2. The molecule has 10 heteroatoms. The fourth-order valence-corrected chi connectivity index (χ4v) is 6.04. The number of rotatable bonds is 33. The van der Waals surface area contributed by atoms with Gasteiger partial charge in [0.1, 0.15) is 31.0 Å². The summed E-state index contributed by atoms with van der Waals surface area (Å²) in [6, 6.07) is 0. The zero-order valence-electron chi connectivity index (χ0n) is 32.1. The van der Waals surface area contributed by atoms with Gasteiger partial charge >= 0.3 is 11.9 Å². The monoisotopic (exact) mass is 727 g/mol. The Morgan fingerprint density at radius 1 is 0.608 bits per heavy atom. The largest absolute Gasteiger partial charge is 0.462 e. The number of carbonyl (C=O) groups is 2. The Balaban J connectivity index is 2.36. The quantitative estimate of drug-likeness (QED) is 0.0300. The molecule has 0 radical (unpaired) electrons. The topological polar surface area (TPSA) is 152 Å². The van der Waals surface area contributed by atoms with E-state index >= 15 is 0 Å². The number of ether oxygens (including phenoxy) is 4. The van der Waals surface area contributed by atoms with E-state index in [4.69, 9.17) is 18.9 Å². The zero-order chi connectivity index (χ0) is 37.4. The third kappa shape index (κ3) is 24.9. The normalized spacial score (nSPS) is 21.4. The molecule has 0 saturated carbocycles. The second kappa shape index (κ2) is 32.8. The molecule has 6 atom stereocenters. The third-order valence-electron chi connectivity index (χ3n) is 9.34. The van der Waals surface area contributed by atoms with Gasteiger partial charge in [-0.3, -0.25) is 9.59 Å². The molecule has 0 spiro atoms. The average molecular weight is 727 g/mol. The van der Waals surface area contributed by atoms with Crippen LogP contribution < -0.4 is 0 Å². The molecule has 298 valence electrons. The van der Waals surface area contributed by atoms with Gasteiger partial charge in [0, 0.05) is 12.8 Å². The van der Waals surface area contributed by atoms with Crippen molar-refractivity contribution in [2.24, 2.45) is 0 Å². The molecule has 0 amide bonds. The molecule has 51 heavy (non-hydrogen) atoms. The first-order valence-electron chi connectivity index (χ1n) is 20.4. The second-order valence-electron chi connectivity index (χ2n) is 14.1. The number of hydrogen-bond donors (Lipinski definition) is 4. The van der Waals surface area contributed by atoms with E-state index in [-0.39, 0.29) is 32.0 Å². The van der Waals surface area contributed by atoms with Crippen LogP contribution in [0.4, 0.5) is 0 Å². The third-order valence-corrected chi connectivity index (χ3v) is 9.34. The van der Waals surface area contributed by atoms with Crippen molar-refractivity contribution in [1.29, 1.82) is 0 Å². The van der Waals surface area contributed by atoms with Gasteiger partial charge in [-0.15, -0.1) is 0 Å². The average Bonchev–Trinajstić information content (AvgIpc) is 3.13. The van der Waals surface area contributed by atoms with Crippen molar-refractivity contribution >= 4 is 11.9 Å². The summed E-state index contributed by atoms with van der Waals surface area (Å²) in [6.45, 7) is 3.35. The molecular formula is C41H74O10. The predicted molar refractivity (Wildman–Crippen MR) is 201 cm³/mol. The Morgan fingerprint density at radius 3 is 1.67 bits per heavy atom. The molecule has 1 rings (SSSR count). The molecule has 0 aromatic rings. The molecule has 1 aliphatic rings. The molecule has 0 aromatic heterocycles. The standard InChI is InChI=1S/C41H74O10/c1-3-5-7-9-11-13-14-15-16-17-18-19-20-22-24-26-28-30-37(44)50-34(33-49-41-40(47)39(46)38(45)35(31-42)51-41)32-48-36(43)29-27-25-23-21-12-10-8-6-4-2/h11,13,15-16,34-35,38-42,45-47H,3-10,12,14,17-33H2,1-2H3/b13-11+,16-15+/t34-,35-,38+,39?,40?,41-/m1/s1. The minimum absolute atomic E-state index is 0.218. The first-order valence-corrected chi connectivity index (χ1v) is 20.4. The van der Waals surface area contributed by atoms with Gasteiger partial charge in [-0.1, -0.05) is 134 Å². The highest BCUT2D eigenvalue weighted by atomic mass is 16.7. The molecule has 1 aliphatic heterocycles. The van der Waals surface area contributed by atoms with E-state index < -0.39 is 49.4 Å². The lowest BCUT2D eigenvalue weighted by atomic mass is 9.99. The lowest BCUT2D eigenvalue weighted by molar-refractivity contribution is -0.305. The van der Waals surface area contributed by atoms with Crippen molar-refractivity contribution in [2.75, 3.05) is 19.8 Å². The van der Waals surface area contributed by atoms with E-state index in [0.29, 0.717) is 6.42 Å². The van der Waals surface area contributed by atoms with Crippen molar-refractivity contribution in [2.45, 2.75) is 205 Å². The lowest BCUT2D eigenvalue weighted by Gasteiger charge is -2.39. The number of aliphatic hydroxyl groups is 4.